The van der Waals surface area contributed by atoms with Crippen LogP contribution in [0.5, 0.6) is 0 Å². The summed E-state index contributed by atoms with van der Waals surface area (Å²) in [4.78, 5) is 23.0. The second-order valence-electron chi connectivity index (χ2n) is 4.31. The van der Waals surface area contributed by atoms with E-state index in [-0.39, 0.29) is 17.8 Å². The van der Waals surface area contributed by atoms with Crippen LogP contribution in [0.4, 0.5) is 0 Å². The molecule has 6 heteroatoms. The summed E-state index contributed by atoms with van der Waals surface area (Å²) >= 11 is 6.09. The van der Waals surface area contributed by atoms with Crippen molar-refractivity contribution in [3.05, 3.63) is 45.2 Å². The largest absolute Gasteiger partial charge is 0.347 e. The maximum atomic E-state index is 11.8. The van der Waals surface area contributed by atoms with Crippen LogP contribution in [-0.4, -0.2) is 10.5 Å². The van der Waals surface area contributed by atoms with Crippen LogP contribution in [0.25, 0.3) is 10.9 Å². The summed E-state index contributed by atoms with van der Waals surface area (Å²) in [6.07, 6.45) is 1.89. The minimum absolute atomic E-state index is 0.0608. The fourth-order valence-electron chi connectivity index (χ4n) is 1.92. The molecule has 1 heterocycles. The number of nitrogens with zero attached hydrogens (tertiary/aromatic N) is 1. The lowest BCUT2D eigenvalue weighted by atomic mass is 10.1. The second kappa shape index (κ2) is 5.42. The Kier molecular flexibility index (Phi) is 3.87. The fourth-order valence-corrected chi connectivity index (χ4v) is 2.08. The topological polar surface area (TPSA) is 77.1 Å². The number of carbonyl (C=O) groups is 1. The van der Waals surface area contributed by atoms with Gasteiger partial charge in [0.05, 0.1) is 5.52 Å². The van der Waals surface area contributed by atoms with Crippen LogP contribution in [0.1, 0.15) is 12.0 Å². The zero-order valence-corrected chi connectivity index (χ0v) is 11.2. The highest BCUT2D eigenvalue weighted by Crippen LogP contribution is 2.21. The molecule has 0 saturated heterocycles. The molecule has 0 fully saturated rings. The van der Waals surface area contributed by atoms with Crippen LogP contribution in [0.2, 0.25) is 5.02 Å². The van der Waals surface area contributed by atoms with Gasteiger partial charge in [-0.2, -0.15) is 0 Å². The summed E-state index contributed by atoms with van der Waals surface area (Å²) in [6.45, 7) is 2.28. The van der Waals surface area contributed by atoms with Gasteiger partial charge >= 0.3 is 0 Å². The van der Waals surface area contributed by atoms with Gasteiger partial charge in [0.1, 0.15) is 0 Å². The van der Waals surface area contributed by atoms with Crippen molar-refractivity contribution in [1.29, 1.82) is 0 Å². The van der Waals surface area contributed by atoms with Crippen molar-refractivity contribution in [2.24, 2.45) is 5.84 Å². The Morgan fingerprint density at radius 3 is 2.89 bits per heavy atom. The number of nitrogens with one attached hydrogen (secondary N) is 1. The quantitative estimate of drug-likeness (QED) is 0.506. The molecule has 0 aliphatic rings. The number of hydrazine groups is 1. The number of benzene rings is 1. The number of nitrogens with two attached hydrogens (primary N) is 1. The smallest absolute Gasteiger partial charge is 0.235 e. The molecule has 2 rings (SSSR count). The first-order valence-electron chi connectivity index (χ1n) is 5.81. The van der Waals surface area contributed by atoms with Crippen molar-refractivity contribution in [2.75, 3.05) is 0 Å². The number of hydrogen-bond acceptors (Lipinski definition) is 3. The van der Waals surface area contributed by atoms with Crippen molar-refractivity contribution in [1.82, 2.24) is 9.99 Å². The molecule has 19 heavy (non-hydrogen) atoms. The number of amides is 1. The lowest BCUT2D eigenvalue weighted by Gasteiger charge is -2.11. The maximum Gasteiger partial charge on any atom is 0.235 e. The standard InChI is InChI=1S/C13H14ClN3O2/c1-8-6-9-11(7-10(8)14)17(4-2-12(9)18)5-3-13(19)16-15/h2,4,6-7H,3,5,15H2,1H3,(H,16,19). The molecule has 0 unspecified atom stereocenters. The lowest BCUT2D eigenvalue weighted by molar-refractivity contribution is -0.121. The lowest BCUT2D eigenvalue weighted by Crippen LogP contribution is -2.30. The minimum atomic E-state index is -0.259. The van der Waals surface area contributed by atoms with Crippen LogP contribution in [0.15, 0.2) is 29.2 Å². The third kappa shape index (κ3) is 2.77. The van der Waals surface area contributed by atoms with E-state index in [4.69, 9.17) is 17.4 Å². The summed E-state index contributed by atoms with van der Waals surface area (Å²) < 4.78 is 1.82. The molecule has 0 aliphatic heterocycles. The van der Waals surface area contributed by atoms with E-state index in [9.17, 15) is 9.59 Å². The summed E-state index contributed by atoms with van der Waals surface area (Å²) in [7, 11) is 0. The monoisotopic (exact) mass is 279 g/mol. The predicted molar refractivity (Wildman–Crippen MR) is 74.9 cm³/mol. The Hall–Kier alpha value is -1.85. The van der Waals surface area contributed by atoms with Crippen LogP contribution in [-0.2, 0) is 11.3 Å². The number of fused-ring (bicyclic) bond motifs is 1. The average molecular weight is 280 g/mol. The first-order valence-corrected chi connectivity index (χ1v) is 6.19. The highest BCUT2D eigenvalue weighted by atomic mass is 35.5. The van der Waals surface area contributed by atoms with Crippen molar-refractivity contribution < 1.29 is 4.79 Å². The molecule has 2 aromatic rings. The number of aryl methyl sites for hydroxylation is 2. The molecule has 0 atom stereocenters. The molecular formula is C13H14ClN3O2. The molecule has 0 radical (unpaired) electrons. The number of hydrogen-bond donors (Lipinski definition) is 2. The van der Waals surface area contributed by atoms with Gasteiger partial charge in [-0.1, -0.05) is 11.6 Å². The van der Waals surface area contributed by atoms with Crippen molar-refractivity contribution in [2.45, 2.75) is 19.9 Å². The van der Waals surface area contributed by atoms with Crippen LogP contribution >= 0.6 is 11.6 Å². The van der Waals surface area contributed by atoms with E-state index in [1.807, 2.05) is 11.5 Å². The Balaban J connectivity index is 2.50. The Morgan fingerprint density at radius 2 is 2.21 bits per heavy atom. The summed E-state index contributed by atoms with van der Waals surface area (Å²) in [5.41, 5.74) is 3.58. The van der Waals surface area contributed by atoms with E-state index in [0.29, 0.717) is 22.5 Å². The summed E-state index contributed by atoms with van der Waals surface area (Å²) in [6, 6.07) is 4.99. The molecule has 5 nitrogen and oxygen atoms in total. The molecule has 3 N–H and O–H groups in total. The van der Waals surface area contributed by atoms with Crippen molar-refractivity contribution in [3.63, 3.8) is 0 Å². The summed E-state index contributed by atoms with van der Waals surface area (Å²) in [5.74, 6) is 4.78. The Morgan fingerprint density at radius 1 is 1.47 bits per heavy atom. The number of pyridine rings is 1. The van der Waals surface area contributed by atoms with E-state index in [2.05, 4.69) is 5.43 Å². The highest BCUT2D eigenvalue weighted by Gasteiger charge is 2.07. The second-order valence-corrected chi connectivity index (χ2v) is 4.72. The first kappa shape index (κ1) is 13.6. The third-order valence-electron chi connectivity index (χ3n) is 3.00. The molecular weight excluding hydrogens is 266 g/mol. The molecule has 0 bridgehead atoms. The van der Waals surface area contributed by atoms with E-state index in [0.717, 1.165) is 5.56 Å². The van der Waals surface area contributed by atoms with Crippen molar-refractivity contribution in [3.8, 4) is 0 Å². The number of halogens is 1. The highest BCUT2D eigenvalue weighted by molar-refractivity contribution is 6.32. The molecule has 0 spiro atoms. The van der Waals surface area contributed by atoms with Gasteiger partial charge in [-0.25, -0.2) is 5.84 Å². The predicted octanol–water partition coefficient (Wildman–Crippen LogP) is 1.34. The summed E-state index contributed by atoms with van der Waals surface area (Å²) in [5, 5.41) is 1.19. The average Bonchev–Trinajstić information content (AvgIpc) is 2.40. The van der Waals surface area contributed by atoms with Crippen LogP contribution in [0.3, 0.4) is 0 Å². The van der Waals surface area contributed by atoms with Crippen LogP contribution in [0, 0.1) is 6.92 Å². The van der Waals surface area contributed by atoms with E-state index >= 15 is 0 Å². The molecule has 0 aliphatic carbocycles. The molecule has 1 aromatic carbocycles. The van der Waals surface area contributed by atoms with Crippen LogP contribution < -0.4 is 16.7 Å². The Bertz CT molecular complexity index is 694. The Labute approximate surface area is 114 Å². The molecule has 100 valence electrons. The van der Waals surface area contributed by atoms with E-state index in [1.165, 1.54) is 6.07 Å². The first-order chi connectivity index (χ1) is 9.02. The van der Waals surface area contributed by atoms with Gasteiger partial charge in [0.15, 0.2) is 5.43 Å². The van der Waals surface area contributed by atoms with Gasteiger partial charge in [-0.05, 0) is 24.6 Å². The SMILES string of the molecule is Cc1cc2c(=O)ccn(CCC(=O)NN)c2cc1Cl. The van der Waals surface area contributed by atoms with Gasteiger partial charge in [-0.15, -0.1) is 0 Å². The number of carbonyl (C=O) groups excluding carboxylic acids is 1. The molecule has 0 saturated carbocycles. The van der Waals surface area contributed by atoms with Gasteiger partial charge in [0.2, 0.25) is 5.91 Å². The number of rotatable bonds is 3. The fraction of sp³-hybridized carbons (Fsp3) is 0.231. The van der Waals surface area contributed by atoms with E-state index < -0.39 is 0 Å². The molecule has 1 aromatic heterocycles. The molecule has 1 amide bonds. The van der Waals surface area contributed by atoms with Gasteiger partial charge in [0, 0.05) is 35.6 Å². The van der Waals surface area contributed by atoms with Gasteiger partial charge in [0.25, 0.3) is 0 Å². The zero-order chi connectivity index (χ0) is 14.0. The number of aromatic nitrogens is 1. The third-order valence-corrected chi connectivity index (χ3v) is 3.41. The van der Waals surface area contributed by atoms with Crippen molar-refractivity contribution >= 4 is 28.4 Å². The minimum Gasteiger partial charge on any atom is -0.347 e. The van der Waals surface area contributed by atoms with Gasteiger partial charge < -0.3 is 4.57 Å². The van der Waals surface area contributed by atoms with E-state index in [1.54, 1.807) is 18.3 Å². The maximum absolute atomic E-state index is 11.8. The zero-order valence-electron chi connectivity index (χ0n) is 10.4. The van der Waals surface area contributed by atoms with Gasteiger partial charge in [-0.3, -0.25) is 15.0 Å². The normalized spacial score (nSPS) is 10.7.